The minimum atomic E-state index is -5.08. The van der Waals surface area contributed by atoms with Crippen molar-refractivity contribution in [1.82, 2.24) is 15.2 Å². The number of carboxylic acid groups (broad SMARTS) is 1. The van der Waals surface area contributed by atoms with Crippen LogP contribution in [-0.2, 0) is 16.1 Å². The number of thiophene rings is 1. The highest BCUT2D eigenvalue weighted by Gasteiger charge is 2.50. The van der Waals surface area contributed by atoms with Gasteiger partial charge in [0.25, 0.3) is 5.91 Å². The van der Waals surface area contributed by atoms with Crippen molar-refractivity contribution in [2.75, 3.05) is 32.8 Å². The highest BCUT2D eigenvalue weighted by atomic mass is 32.1. The molecule has 2 N–H and O–H groups in total. The summed E-state index contributed by atoms with van der Waals surface area (Å²) in [6, 6.07) is 4.29. The number of aliphatic carboxylic acids is 1. The first-order valence-corrected chi connectivity index (χ1v) is 10.8. The predicted molar refractivity (Wildman–Crippen MR) is 104 cm³/mol. The van der Waals surface area contributed by atoms with E-state index in [4.69, 9.17) is 14.6 Å². The van der Waals surface area contributed by atoms with Crippen molar-refractivity contribution in [3.05, 3.63) is 39.0 Å². The third-order valence-electron chi connectivity index (χ3n) is 5.06. The number of carbonyl (C=O) groups excluding carboxylic acids is 1. The number of carboxylic acids is 1. The van der Waals surface area contributed by atoms with Crippen LogP contribution in [0.25, 0.3) is 0 Å². The molecule has 2 aromatic rings. The number of ether oxygens (including phenoxy) is 1. The third-order valence-corrected chi connectivity index (χ3v) is 6.51. The van der Waals surface area contributed by atoms with Crippen molar-refractivity contribution in [2.24, 2.45) is 11.3 Å². The normalized spacial score (nSPS) is 23.5. The van der Waals surface area contributed by atoms with Crippen molar-refractivity contribution in [1.29, 1.82) is 0 Å². The maximum absolute atomic E-state index is 12.2. The number of rotatable bonds is 5. The molecular weight excluding hydrogens is 443 g/mol. The first-order chi connectivity index (χ1) is 14.2. The van der Waals surface area contributed by atoms with E-state index in [-0.39, 0.29) is 11.3 Å². The Labute approximate surface area is 178 Å². The zero-order valence-electron chi connectivity index (χ0n) is 15.7. The van der Waals surface area contributed by atoms with Crippen LogP contribution in [0.15, 0.2) is 28.4 Å². The van der Waals surface area contributed by atoms with Crippen LogP contribution < -0.4 is 5.32 Å². The second-order valence-electron chi connectivity index (χ2n) is 7.18. The number of amides is 1. The van der Waals surface area contributed by atoms with Crippen molar-refractivity contribution >= 4 is 34.6 Å². The Bertz CT molecular complexity index is 845. The molecule has 2 aliphatic rings. The monoisotopic (exact) mass is 463 g/mol. The van der Waals surface area contributed by atoms with Gasteiger partial charge in [0.1, 0.15) is 5.69 Å². The summed E-state index contributed by atoms with van der Waals surface area (Å²) in [5, 5.41) is 14.1. The number of alkyl halides is 3. The second-order valence-corrected chi connectivity index (χ2v) is 8.93. The predicted octanol–water partition coefficient (Wildman–Crippen LogP) is 2.72. The Morgan fingerprint density at radius 1 is 1.43 bits per heavy atom. The zero-order chi connectivity index (χ0) is 21.8. The smallest absolute Gasteiger partial charge is 0.475 e. The van der Waals surface area contributed by atoms with E-state index in [0.717, 1.165) is 32.8 Å². The number of hydrogen-bond donors (Lipinski definition) is 2. The topological polar surface area (TPSA) is 91.8 Å². The molecule has 0 bridgehead atoms. The summed E-state index contributed by atoms with van der Waals surface area (Å²) < 4.78 is 37.5. The molecule has 0 aromatic carbocycles. The molecule has 7 nitrogen and oxygen atoms in total. The quantitative estimate of drug-likeness (QED) is 0.709. The number of thiazole rings is 1. The van der Waals surface area contributed by atoms with Gasteiger partial charge in [-0.25, -0.2) is 9.78 Å². The Morgan fingerprint density at radius 3 is 2.80 bits per heavy atom. The van der Waals surface area contributed by atoms with Gasteiger partial charge in [-0.3, -0.25) is 9.69 Å². The number of aromatic nitrogens is 1. The number of hydrogen-bond acceptors (Lipinski definition) is 7. The molecule has 2 saturated heterocycles. The van der Waals surface area contributed by atoms with Crippen LogP contribution in [0.4, 0.5) is 13.2 Å². The first kappa shape index (κ1) is 22.7. The van der Waals surface area contributed by atoms with Crippen molar-refractivity contribution in [3.63, 3.8) is 0 Å². The fourth-order valence-corrected chi connectivity index (χ4v) is 4.89. The summed E-state index contributed by atoms with van der Waals surface area (Å²) in [5.74, 6) is -2.34. The first-order valence-electron chi connectivity index (χ1n) is 8.98. The van der Waals surface area contributed by atoms with Crippen LogP contribution in [0, 0.1) is 11.3 Å². The van der Waals surface area contributed by atoms with Gasteiger partial charge in [0.15, 0.2) is 0 Å². The van der Waals surface area contributed by atoms with E-state index in [0.29, 0.717) is 18.2 Å². The highest BCUT2D eigenvalue weighted by Crippen LogP contribution is 2.41. The van der Waals surface area contributed by atoms with Gasteiger partial charge in [-0.05, 0) is 11.4 Å². The standard InChI is InChI=1S/C16H19N3O2S2.C2HF3O2/c20-15(14-7-22-11-18-14)17-8-16-9-19(4-12(16)6-21-10-16)5-13-2-1-3-23-13;3-2(4,5)1(6)7/h1-3,7,11-12H,4-6,8-10H2,(H,17,20);(H,6,7)/t12-,16+;/m1./s1. The molecule has 0 radical (unpaired) electrons. The van der Waals surface area contributed by atoms with E-state index in [2.05, 4.69) is 32.7 Å². The lowest BCUT2D eigenvalue weighted by Gasteiger charge is -2.27. The van der Waals surface area contributed by atoms with Crippen LogP contribution in [0.2, 0.25) is 0 Å². The van der Waals surface area contributed by atoms with Crippen LogP contribution in [-0.4, -0.2) is 65.9 Å². The molecule has 164 valence electrons. The number of carbonyl (C=O) groups is 2. The minimum absolute atomic E-state index is 0.0446. The number of nitrogens with zero attached hydrogens (tertiary/aromatic N) is 2. The molecule has 4 rings (SSSR count). The van der Waals surface area contributed by atoms with Crippen molar-refractivity contribution in [2.45, 2.75) is 12.7 Å². The van der Waals surface area contributed by atoms with E-state index < -0.39 is 12.1 Å². The maximum Gasteiger partial charge on any atom is 0.490 e. The molecule has 0 spiro atoms. The van der Waals surface area contributed by atoms with E-state index in [1.807, 2.05) is 0 Å². The molecule has 0 saturated carbocycles. The van der Waals surface area contributed by atoms with Gasteiger partial charge in [0.05, 0.1) is 18.7 Å². The lowest BCUT2D eigenvalue weighted by atomic mass is 9.81. The average molecular weight is 464 g/mol. The Balaban J connectivity index is 0.000000318. The number of likely N-dealkylation sites (tertiary alicyclic amines) is 1. The molecule has 30 heavy (non-hydrogen) atoms. The lowest BCUT2D eigenvalue weighted by molar-refractivity contribution is -0.192. The van der Waals surface area contributed by atoms with Gasteiger partial charge >= 0.3 is 12.1 Å². The number of nitrogens with one attached hydrogen (secondary N) is 1. The second kappa shape index (κ2) is 9.41. The zero-order valence-corrected chi connectivity index (χ0v) is 17.4. The van der Waals surface area contributed by atoms with E-state index in [9.17, 15) is 18.0 Å². The molecule has 2 aromatic heterocycles. The Morgan fingerprint density at radius 2 is 2.20 bits per heavy atom. The fraction of sp³-hybridized carbons (Fsp3) is 0.500. The average Bonchev–Trinajstić information content (AvgIpc) is 3.44. The van der Waals surface area contributed by atoms with Gasteiger partial charge in [0.2, 0.25) is 0 Å². The Kier molecular flexibility index (Phi) is 7.11. The molecule has 4 heterocycles. The van der Waals surface area contributed by atoms with Gasteiger partial charge in [-0.1, -0.05) is 6.07 Å². The SMILES string of the molecule is O=C(NC[C@]12COC[C@H]1CN(Cc1cccs1)C2)c1cscn1.O=C(O)C(F)(F)F. The van der Waals surface area contributed by atoms with Crippen LogP contribution >= 0.6 is 22.7 Å². The molecule has 12 heteroatoms. The van der Waals surface area contributed by atoms with Crippen LogP contribution in [0.1, 0.15) is 15.4 Å². The van der Waals surface area contributed by atoms with Crippen LogP contribution in [0.5, 0.6) is 0 Å². The lowest BCUT2D eigenvalue weighted by Crippen LogP contribution is -2.43. The van der Waals surface area contributed by atoms with Crippen LogP contribution in [0.3, 0.4) is 0 Å². The van der Waals surface area contributed by atoms with E-state index >= 15 is 0 Å². The Hall–Kier alpha value is -2.02. The molecule has 0 aliphatic carbocycles. The van der Waals surface area contributed by atoms with Gasteiger partial charge < -0.3 is 15.2 Å². The van der Waals surface area contributed by atoms with E-state index in [1.54, 1.807) is 22.2 Å². The summed E-state index contributed by atoms with van der Waals surface area (Å²) in [4.78, 5) is 29.0. The fourth-order valence-electron chi connectivity index (χ4n) is 3.61. The summed E-state index contributed by atoms with van der Waals surface area (Å²) in [5.41, 5.74) is 2.24. The summed E-state index contributed by atoms with van der Waals surface area (Å²) in [6.07, 6.45) is -5.08. The molecule has 2 aliphatic heterocycles. The summed E-state index contributed by atoms with van der Waals surface area (Å²) in [7, 11) is 0. The van der Waals surface area contributed by atoms with Gasteiger partial charge in [-0.2, -0.15) is 13.2 Å². The summed E-state index contributed by atoms with van der Waals surface area (Å²) in [6.45, 7) is 5.21. The number of halogens is 3. The van der Waals surface area contributed by atoms with E-state index in [1.165, 1.54) is 16.2 Å². The molecule has 0 unspecified atom stereocenters. The molecular formula is C18H20F3N3O4S2. The largest absolute Gasteiger partial charge is 0.490 e. The van der Waals surface area contributed by atoms with Gasteiger partial charge in [-0.15, -0.1) is 22.7 Å². The molecule has 1 amide bonds. The van der Waals surface area contributed by atoms with Crippen molar-refractivity contribution < 1.29 is 32.6 Å². The summed E-state index contributed by atoms with van der Waals surface area (Å²) >= 11 is 3.25. The van der Waals surface area contributed by atoms with Crippen molar-refractivity contribution in [3.8, 4) is 0 Å². The highest BCUT2D eigenvalue weighted by molar-refractivity contribution is 7.09. The molecule has 2 atom stereocenters. The maximum atomic E-state index is 12.2. The minimum Gasteiger partial charge on any atom is -0.475 e. The van der Waals surface area contributed by atoms with Gasteiger partial charge in [0, 0.05) is 47.8 Å². The third kappa shape index (κ3) is 5.56. The molecule has 2 fully saturated rings. The number of fused-ring (bicyclic) bond motifs is 1.